The molecule has 1 N–H and O–H groups in total. The zero-order valence-corrected chi connectivity index (χ0v) is 14.1. The molecule has 20 heavy (non-hydrogen) atoms. The van der Waals surface area contributed by atoms with Crippen LogP contribution in [0.3, 0.4) is 0 Å². The Morgan fingerprint density at radius 2 is 1.95 bits per heavy atom. The summed E-state index contributed by atoms with van der Waals surface area (Å²) in [5.74, 6) is -0.967. The molecule has 0 spiro atoms. The van der Waals surface area contributed by atoms with Crippen molar-refractivity contribution in [2.24, 2.45) is 5.92 Å². The van der Waals surface area contributed by atoms with E-state index in [1.54, 1.807) is 0 Å². The van der Waals surface area contributed by atoms with Gasteiger partial charge in [-0.3, -0.25) is 9.69 Å². The molecular formula is C16H22BrNO2. The van der Waals surface area contributed by atoms with Crippen LogP contribution < -0.4 is 0 Å². The van der Waals surface area contributed by atoms with E-state index in [1.165, 1.54) is 0 Å². The fourth-order valence-electron chi connectivity index (χ4n) is 2.92. The van der Waals surface area contributed by atoms with Crippen molar-refractivity contribution in [3.63, 3.8) is 0 Å². The van der Waals surface area contributed by atoms with Gasteiger partial charge in [-0.2, -0.15) is 0 Å². The normalized spacial score (nSPS) is 24.1. The van der Waals surface area contributed by atoms with Crippen molar-refractivity contribution >= 4 is 21.9 Å². The fourth-order valence-corrected chi connectivity index (χ4v) is 3.54. The fraction of sp³-hybridized carbons (Fsp3) is 0.562. The number of hydrogen-bond donors (Lipinski definition) is 1. The van der Waals surface area contributed by atoms with E-state index in [0.29, 0.717) is 6.54 Å². The molecule has 1 heterocycles. The Bertz CT molecular complexity index is 501. The number of likely N-dealkylation sites (tertiary alicyclic amines) is 1. The Kier molecular flexibility index (Phi) is 4.26. The molecule has 0 unspecified atom stereocenters. The van der Waals surface area contributed by atoms with Gasteiger partial charge in [-0.25, -0.2) is 0 Å². The number of carboxylic acids is 1. The van der Waals surface area contributed by atoms with Crippen LogP contribution in [0, 0.1) is 12.8 Å². The van der Waals surface area contributed by atoms with Crippen LogP contribution in [-0.2, 0) is 4.79 Å². The molecule has 0 radical (unpaired) electrons. The Morgan fingerprint density at radius 1 is 1.30 bits per heavy atom. The van der Waals surface area contributed by atoms with E-state index in [-0.39, 0.29) is 17.4 Å². The van der Waals surface area contributed by atoms with Crippen molar-refractivity contribution < 1.29 is 9.90 Å². The first-order valence-corrected chi connectivity index (χ1v) is 7.73. The number of carboxylic acid groups (broad SMARTS) is 1. The van der Waals surface area contributed by atoms with Gasteiger partial charge in [0.1, 0.15) is 0 Å². The number of halogens is 1. The first-order chi connectivity index (χ1) is 9.18. The van der Waals surface area contributed by atoms with Crippen LogP contribution in [-0.4, -0.2) is 34.6 Å². The van der Waals surface area contributed by atoms with Gasteiger partial charge >= 0.3 is 5.97 Å². The van der Waals surface area contributed by atoms with Crippen molar-refractivity contribution in [2.75, 3.05) is 13.1 Å². The Morgan fingerprint density at radius 3 is 2.45 bits per heavy atom. The lowest BCUT2D eigenvalue weighted by Gasteiger charge is -2.31. The highest BCUT2D eigenvalue weighted by Crippen LogP contribution is 2.37. The van der Waals surface area contributed by atoms with Gasteiger partial charge < -0.3 is 5.11 Å². The van der Waals surface area contributed by atoms with Crippen LogP contribution >= 0.6 is 15.9 Å². The van der Waals surface area contributed by atoms with E-state index < -0.39 is 5.97 Å². The largest absolute Gasteiger partial charge is 0.481 e. The quantitative estimate of drug-likeness (QED) is 0.893. The molecule has 3 nitrogen and oxygen atoms in total. The standard InChI is InChI=1S/C16H22BrNO2/c1-10-5-11(7-12(17)6-10)13-8-18(16(2,3)4)9-14(13)15(19)20/h5-7,13-14H,8-9H2,1-4H3,(H,19,20)/t13-,14+/m0/s1. The lowest BCUT2D eigenvalue weighted by molar-refractivity contribution is -0.141. The molecular weight excluding hydrogens is 318 g/mol. The van der Waals surface area contributed by atoms with E-state index in [2.05, 4.69) is 59.8 Å². The van der Waals surface area contributed by atoms with Crippen LogP contribution in [0.2, 0.25) is 0 Å². The number of hydrogen-bond acceptors (Lipinski definition) is 2. The first kappa shape index (κ1) is 15.5. The molecule has 1 aliphatic heterocycles. The van der Waals surface area contributed by atoms with Crippen molar-refractivity contribution in [3.05, 3.63) is 33.8 Å². The van der Waals surface area contributed by atoms with E-state index in [9.17, 15) is 9.90 Å². The Hall–Kier alpha value is -0.870. The molecule has 110 valence electrons. The van der Waals surface area contributed by atoms with E-state index in [0.717, 1.165) is 22.1 Å². The molecule has 0 saturated carbocycles. The van der Waals surface area contributed by atoms with Crippen molar-refractivity contribution in [3.8, 4) is 0 Å². The Balaban J connectivity index is 2.35. The smallest absolute Gasteiger partial charge is 0.308 e. The van der Waals surface area contributed by atoms with Gasteiger partial charge in [0.05, 0.1) is 5.92 Å². The van der Waals surface area contributed by atoms with Crippen LogP contribution in [0.5, 0.6) is 0 Å². The molecule has 1 aliphatic rings. The lowest BCUT2D eigenvalue weighted by atomic mass is 9.88. The summed E-state index contributed by atoms with van der Waals surface area (Å²) in [4.78, 5) is 13.9. The predicted molar refractivity (Wildman–Crippen MR) is 84.1 cm³/mol. The van der Waals surface area contributed by atoms with E-state index >= 15 is 0 Å². The maximum absolute atomic E-state index is 11.6. The number of nitrogens with zero attached hydrogens (tertiary/aromatic N) is 1. The van der Waals surface area contributed by atoms with Crippen molar-refractivity contribution in [1.29, 1.82) is 0 Å². The zero-order valence-electron chi connectivity index (χ0n) is 12.5. The maximum atomic E-state index is 11.6. The molecule has 1 aromatic rings. The summed E-state index contributed by atoms with van der Waals surface area (Å²) in [5.41, 5.74) is 2.28. The number of aliphatic carboxylic acids is 1. The highest BCUT2D eigenvalue weighted by molar-refractivity contribution is 9.10. The van der Waals surface area contributed by atoms with Gasteiger partial charge in [-0.05, 0) is 51.0 Å². The number of benzene rings is 1. The molecule has 4 heteroatoms. The van der Waals surface area contributed by atoms with Crippen LogP contribution in [0.15, 0.2) is 22.7 Å². The van der Waals surface area contributed by atoms with E-state index in [1.807, 2.05) is 6.92 Å². The van der Waals surface area contributed by atoms with Gasteiger partial charge in [-0.1, -0.05) is 22.0 Å². The van der Waals surface area contributed by atoms with Crippen LogP contribution in [0.1, 0.15) is 37.8 Å². The third-order valence-electron chi connectivity index (χ3n) is 4.08. The SMILES string of the molecule is Cc1cc(Br)cc([C@@H]2CN(C(C)(C)C)C[C@H]2C(=O)O)c1. The molecule has 0 aromatic heterocycles. The van der Waals surface area contributed by atoms with Crippen LogP contribution in [0.25, 0.3) is 0 Å². The third kappa shape index (κ3) is 3.23. The second-order valence-electron chi connectivity index (χ2n) is 6.69. The molecule has 1 fully saturated rings. The van der Waals surface area contributed by atoms with Crippen LogP contribution in [0.4, 0.5) is 0 Å². The van der Waals surface area contributed by atoms with E-state index in [4.69, 9.17) is 0 Å². The highest BCUT2D eigenvalue weighted by atomic mass is 79.9. The highest BCUT2D eigenvalue weighted by Gasteiger charge is 2.42. The summed E-state index contributed by atoms with van der Waals surface area (Å²) in [6.07, 6.45) is 0. The molecule has 0 amide bonds. The molecule has 0 aliphatic carbocycles. The number of aryl methyl sites for hydroxylation is 1. The Labute approximate surface area is 129 Å². The number of carbonyl (C=O) groups is 1. The molecule has 2 atom stereocenters. The monoisotopic (exact) mass is 339 g/mol. The number of rotatable bonds is 2. The van der Waals surface area contributed by atoms with Gasteiger partial charge in [0.2, 0.25) is 0 Å². The minimum absolute atomic E-state index is 0.00348. The minimum Gasteiger partial charge on any atom is -0.481 e. The summed E-state index contributed by atoms with van der Waals surface area (Å²) in [6.45, 7) is 9.88. The topological polar surface area (TPSA) is 40.5 Å². The average molecular weight is 340 g/mol. The third-order valence-corrected chi connectivity index (χ3v) is 4.54. The lowest BCUT2D eigenvalue weighted by Crippen LogP contribution is -2.40. The van der Waals surface area contributed by atoms with Crippen molar-refractivity contribution in [1.82, 2.24) is 4.90 Å². The summed E-state index contributed by atoms with van der Waals surface area (Å²) < 4.78 is 1.02. The van der Waals surface area contributed by atoms with Gasteiger partial charge in [0.15, 0.2) is 0 Å². The second kappa shape index (κ2) is 5.49. The van der Waals surface area contributed by atoms with Crippen molar-refractivity contribution in [2.45, 2.75) is 39.2 Å². The first-order valence-electron chi connectivity index (χ1n) is 6.93. The molecule has 1 aromatic carbocycles. The zero-order chi connectivity index (χ0) is 15.1. The predicted octanol–water partition coefficient (Wildman–Crippen LogP) is 3.66. The summed E-state index contributed by atoms with van der Waals surface area (Å²) in [6, 6.07) is 6.22. The molecule has 2 rings (SSSR count). The van der Waals surface area contributed by atoms with Gasteiger partial charge in [0.25, 0.3) is 0 Å². The summed E-state index contributed by atoms with van der Waals surface area (Å²) in [5, 5.41) is 9.53. The second-order valence-corrected chi connectivity index (χ2v) is 7.60. The summed E-state index contributed by atoms with van der Waals surface area (Å²) >= 11 is 3.51. The summed E-state index contributed by atoms with van der Waals surface area (Å²) in [7, 11) is 0. The minimum atomic E-state index is -0.695. The average Bonchev–Trinajstić information content (AvgIpc) is 2.71. The van der Waals surface area contributed by atoms with Gasteiger partial charge in [0, 0.05) is 29.0 Å². The molecule has 0 bridgehead atoms. The van der Waals surface area contributed by atoms with Gasteiger partial charge in [-0.15, -0.1) is 0 Å². The maximum Gasteiger partial charge on any atom is 0.308 e. The molecule has 1 saturated heterocycles.